The lowest BCUT2D eigenvalue weighted by atomic mass is 9.93. The van der Waals surface area contributed by atoms with E-state index in [9.17, 15) is 9.59 Å². The van der Waals surface area contributed by atoms with Gasteiger partial charge in [0, 0.05) is 18.8 Å². The molecule has 1 fully saturated rings. The monoisotopic (exact) mass is 533 g/mol. The zero-order valence-corrected chi connectivity index (χ0v) is 22.6. The number of fused-ring (bicyclic) bond motifs is 1. The van der Waals surface area contributed by atoms with Gasteiger partial charge in [-0.2, -0.15) is 0 Å². The van der Waals surface area contributed by atoms with Gasteiger partial charge in [0.1, 0.15) is 6.61 Å². The number of hydrogen-bond acceptors (Lipinski definition) is 8. The van der Waals surface area contributed by atoms with Crippen LogP contribution in [-0.2, 0) is 20.9 Å². The highest BCUT2D eigenvalue weighted by Gasteiger charge is 2.41. The first-order valence-electron chi connectivity index (χ1n) is 12.6. The minimum absolute atomic E-state index is 0.0856. The van der Waals surface area contributed by atoms with Crippen molar-refractivity contribution in [2.75, 3.05) is 27.3 Å². The summed E-state index contributed by atoms with van der Waals surface area (Å²) in [5.41, 5.74) is 3.68. The lowest BCUT2D eigenvalue weighted by Crippen LogP contribution is -2.38. The smallest absolute Gasteiger partial charge is 0.338 e. The molecule has 2 aromatic rings. The van der Waals surface area contributed by atoms with Gasteiger partial charge < -0.3 is 24.0 Å². The third kappa shape index (κ3) is 5.15. The Kier molecular flexibility index (Phi) is 7.74. The van der Waals surface area contributed by atoms with Gasteiger partial charge in [-0.1, -0.05) is 48.2 Å². The Morgan fingerprint density at radius 2 is 1.82 bits per heavy atom. The molecule has 0 radical (unpaired) electrons. The molecule has 0 spiro atoms. The summed E-state index contributed by atoms with van der Waals surface area (Å²) in [5.74, 6) is 0.777. The van der Waals surface area contributed by atoms with Crippen LogP contribution in [0.5, 0.6) is 11.5 Å². The van der Waals surface area contributed by atoms with Crippen LogP contribution in [0.25, 0.3) is 0 Å². The molecule has 1 amide bonds. The van der Waals surface area contributed by atoms with Crippen LogP contribution in [0.3, 0.4) is 0 Å². The Morgan fingerprint density at radius 3 is 2.53 bits per heavy atom. The molecule has 9 heteroatoms. The van der Waals surface area contributed by atoms with Crippen LogP contribution in [0.4, 0.5) is 0 Å². The van der Waals surface area contributed by atoms with Crippen molar-refractivity contribution in [3.05, 3.63) is 82.0 Å². The molecule has 2 aromatic carbocycles. The SMILES string of the molecule is COC(=O)C1=C(C)N=C2SC=C(CC(=O)N3CCCC3)N2C1c1ccc(OCc2ccccc2)c(OC)c1. The van der Waals surface area contributed by atoms with Crippen molar-refractivity contribution in [1.82, 2.24) is 9.80 Å². The lowest BCUT2D eigenvalue weighted by molar-refractivity contribution is -0.136. The molecule has 0 N–H and O–H groups in total. The molecule has 198 valence electrons. The molecular formula is C29H31N3O5S. The number of aliphatic imine (C=N–C) groups is 1. The van der Waals surface area contributed by atoms with Crippen LogP contribution in [0.15, 0.2) is 75.9 Å². The van der Waals surface area contributed by atoms with E-state index in [1.165, 1.54) is 18.9 Å². The highest BCUT2D eigenvalue weighted by Crippen LogP contribution is 2.46. The summed E-state index contributed by atoms with van der Waals surface area (Å²) < 4.78 is 16.9. The van der Waals surface area contributed by atoms with E-state index < -0.39 is 12.0 Å². The minimum atomic E-state index is -0.528. The fourth-order valence-electron chi connectivity index (χ4n) is 5.00. The average molecular weight is 534 g/mol. The summed E-state index contributed by atoms with van der Waals surface area (Å²) in [6.45, 7) is 3.79. The summed E-state index contributed by atoms with van der Waals surface area (Å²) in [7, 11) is 2.96. The summed E-state index contributed by atoms with van der Waals surface area (Å²) in [5, 5.41) is 2.69. The maximum Gasteiger partial charge on any atom is 0.338 e. The van der Waals surface area contributed by atoms with Crippen molar-refractivity contribution in [2.45, 2.75) is 38.8 Å². The second-order valence-corrected chi connectivity index (χ2v) is 10.2. The Bertz CT molecular complexity index is 1310. The number of amidine groups is 1. The summed E-state index contributed by atoms with van der Waals surface area (Å²) in [6.07, 6.45) is 2.31. The lowest BCUT2D eigenvalue weighted by Gasteiger charge is -2.36. The van der Waals surface area contributed by atoms with E-state index in [2.05, 4.69) is 0 Å². The number of esters is 1. The number of nitrogens with zero attached hydrogens (tertiary/aromatic N) is 3. The Labute approximate surface area is 226 Å². The van der Waals surface area contributed by atoms with Crippen LogP contribution in [0.1, 0.15) is 43.4 Å². The van der Waals surface area contributed by atoms with Crippen molar-refractivity contribution >= 4 is 28.8 Å². The molecule has 3 heterocycles. The maximum atomic E-state index is 13.1. The highest BCUT2D eigenvalue weighted by molar-refractivity contribution is 8.16. The molecule has 1 atom stereocenters. The van der Waals surface area contributed by atoms with Crippen LogP contribution in [-0.4, -0.2) is 54.2 Å². The summed E-state index contributed by atoms with van der Waals surface area (Å²) in [6, 6.07) is 15.0. The van der Waals surface area contributed by atoms with Gasteiger partial charge in [0.25, 0.3) is 0 Å². The standard InChI is InChI=1S/C29H31N3O5S/c1-19-26(28(34)36-3)27(32-22(18-38-29(32)30-19)16-25(33)31-13-7-8-14-31)21-11-12-23(24(15-21)35-2)37-17-20-9-5-4-6-10-20/h4-6,9-12,15,18,27H,7-8,13-14,16-17H2,1-3H3. The topological polar surface area (TPSA) is 80.7 Å². The molecule has 1 saturated heterocycles. The fraction of sp³-hybridized carbons (Fsp3) is 0.345. The number of ether oxygens (including phenoxy) is 3. The van der Waals surface area contributed by atoms with Gasteiger partial charge in [0.05, 0.1) is 38.0 Å². The number of carbonyl (C=O) groups is 2. The average Bonchev–Trinajstić information content (AvgIpc) is 3.62. The molecule has 0 aromatic heterocycles. The molecule has 5 rings (SSSR count). The number of hydrogen-bond donors (Lipinski definition) is 0. The van der Waals surface area contributed by atoms with Crippen molar-refractivity contribution in [3.63, 3.8) is 0 Å². The van der Waals surface area contributed by atoms with Crippen molar-refractivity contribution in [1.29, 1.82) is 0 Å². The predicted octanol–water partition coefficient (Wildman–Crippen LogP) is 5.03. The fourth-order valence-corrected chi connectivity index (χ4v) is 5.96. The largest absolute Gasteiger partial charge is 0.493 e. The van der Waals surface area contributed by atoms with Crippen LogP contribution >= 0.6 is 11.8 Å². The van der Waals surface area contributed by atoms with Gasteiger partial charge >= 0.3 is 5.97 Å². The van der Waals surface area contributed by atoms with E-state index >= 15 is 0 Å². The first-order valence-corrected chi connectivity index (χ1v) is 13.5. The molecule has 1 unspecified atom stereocenters. The Morgan fingerprint density at radius 1 is 1.05 bits per heavy atom. The quantitative estimate of drug-likeness (QED) is 0.440. The molecule has 0 saturated carbocycles. The van der Waals surface area contributed by atoms with Gasteiger partial charge in [-0.05, 0) is 48.4 Å². The number of allylic oxidation sites excluding steroid dienone is 1. The maximum absolute atomic E-state index is 13.1. The molecule has 38 heavy (non-hydrogen) atoms. The van der Waals surface area contributed by atoms with Crippen LogP contribution in [0, 0.1) is 0 Å². The van der Waals surface area contributed by atoms with E-state index in [1.807, 2.05) is 70.7 Å². The molecule has 3 aliphatic heterocycles. The first kappa shape index (κ1) is 25.9. The zero-order chi connectivity index (χ0) is 26.6. The molecular weight excluding hydrogens is 502 g/mol. The third-order valence-electron chi connectivity index (χ3n) is 6.94. The second-order valence-electron chi connectivity index (χ2n) is 9.33. The highest BCUT2D eigenvalue weighted by atomic mass is 32.2. The zero-order valence-electron chi connectivity index (χ0n) is 21.8. The van der Waals surface area contributed by atoms with Gasteiger partial charge in [0.2, 0.25) is 5.91 Å². The van der Waals surface area contributed by atoms with Gasteiger partial charge in [-0.25, -0.2) is 9.79 Å². The molecule has 8 nitrogen and oxygen atoms in total. The number of methoxy groups -OCH3 is 2. The van der Waals surface area contributed by atoms with Crippen molar-refractivity contribution in [2.24, 2.45) is 4.99 Å². The van der Waals surface area contributed by atoms with E-state index in [4.69, 9.17) is 19.2 Å². The Hall–Kier alpha value is -3.72. The summed E-state index contributed by atoms with van der Waals surface area (Å²) >= 11 is 1.46. The number of carbonyl (C=O) groups excluding carboxylic acids is 2. The van der Waals surface area contributed by atoms with Crippen LogP contribution < -0.4 is 9.47 Å². The number of benzene rings is 2. The van der Waals surface area contributed by atoms with E-state index in [1.54, 1.807) is 7.11 Å². The summed E-state index contributed by atoms with van der Waals surface area (Å²) in [4.78, 5) is 34.7. The number of likely N-dealkylation sites (tertiary alicyclic amines) is 1. The number of rotatable bonds is 8. The third-order valence-corrected chi connectivity index (χ3v) is 7.83. The van der Waals surface area contributed by atoms with E-state index in [0.29, 0.717) is 29.4 Å². The second kappa shape index (κ2) is 11.3. The van der Waals surface area contributed by atoms with Crippen molar-refractivity contribution < 1.29 is 23.8 Å². The Balaban J connectivity index is 1.48. The number of amides is 1. The first-order chi connectivity index (χ1) is 18.5. The molecule has 0 bridgehead atoms. The van der Waals surface area contributed by atoms with E-state index in [-0.39, 0.29) is 12.3 Å². The number of thioether (sulfide) groups is 1. The van der Waals surface area contributed by atoms with Gasteiger partial charge in [-0.15, -0.1) is 0 Å². The molecule has 0 aliphatic carbocycles. The van der Waals surface area contributed by atoms with Crippen molar-refractivity contribution in [3.8, 4) is 11.5 Å². The minimum Gasteiger partial charge on any atom is -0.493 e. The van der Waals surface area contributed by atoms with Gasteiger partial charge in [-0.3, -0.25) is 4.79 Å². The van der Waals surface area contributed by atoms with E-state index in [0.717, 1.165) is 47.9 Å². The normalized spacial score (nSPS) is 18.7. The molecule has 3 aliphatic rings. The van der Waals surface area contributed by atoms with Crippen LogP contribution in [0.2, 0.25) is 0 Å². The predicted molar refractivity (Wildman–Crippen MR) is 147 cm³/mol. The van der Waals surface area contributed by atoms with Gasteiger partial charge in [0.15, 0.2) is 16.7 Å².